The van der Waals surface area contributed by atoms with E-state index in [4.69, 9.17) is 11.6 Å². The van der Waals surface area contributed by atoms with Gasteiger partial charge in [-0.25, -0.2) is 0 Å². The molecule has 0 aliphatic rings. The molecule has 6 nitrogen and oxygen atoms in total. The van der Waals surface area contributed by atoms with Gasteiger partial charge in [-0.2, -0.15) is 0 Å². The molecule has 0 aromatic rings. The second-order valence-corrected chi connectivity index (χ2v) is 3.26. The third-order valence-corrected chi connectivity index (χ3v) is 2.05. The van der Waals surface area contributed by atoms with Crippen LogP contribution in [0.2, 0.25) is 0 Å². The summed E-state index contributed by atoms with van der Waals surface area (Å²) in [4.78, 5) is 0. The summed E-state index contributed by atoms with van der Waals surface area (Å²) >= 11 is 0. The first-order valence-corrected chi connectivity index (χ1v) is 4.50. The molecule has 6 N–H and O–H groups in total. The average molecular weight is 223 g/mol. The van der Waals surface area contributed by atoms with E-state index in [1.54, 1.807) is 0 Å². The highest BCUT2D eigenvalue weighted by atomic mass is 16.4. The van der Waals surface area contributed by atoms with Crippen LogP contribution in [0.15, 0.2) is 12.6 Å². The molecule has 0 heterocycles. The van der Waals surface area contributed by atoms with Crippen molar-refractivity contribution in [3.05, 3.63) is 12.6 Å². The van der Waals surface area contributed by atoms with Crippen LogP contribution in [0.4, 0.5) is 0 Å². The van der Waals surface area contributed by atoms with Crippen LogP contribution in [-0.2, 0) is 0 Å². The summed E-state index contributed by atoms with van der Waals surface area (Å²) in [7, 11) is 0. The van der Waals surface area contributed by atoms with Crippen LogP contribution in [0.25, 0.3) is 0 Å². The molecule has 0 saturated carbocycles. The zero-order valence-electron chi connectivity index (χ0n) is 9.14. The molecule has 15 heavy (non-hydrogen) atoms. The van der Waals surface area contributed by atoms with Gasteiger partial charge in [0.25, 0.3) is 0 Å². The van der Waals surface area contributed by atoms with Crippen molar-refractivity contribution in [3.63, 3.8) is 0 Å². The number of hydrogen-bond donors (Lipinski definition) is 6. The van der Waals surface area contributed by atoms with Crippen LogP contribution in [0.3, 0.4) is 0 Å². The third-order valence-electron chi connectivity index (χ3n) is 2.05. The minimum Gasteiger partial charge on any atom is -0.394 e. The largest absolute Gasteiger partial charge is 0.394 e. The zero-order valence-corrected chi connectivity index (χ0v) is 8.14. The highest BCUT2D eigenvalue weighted by molar-refractivity contribution is 4.87. The summed E-state index contributed by atoms with van der Waals surface area (Å²) in [5, 5.41) is 54.8. The van der Waals surface area contributed by atoms with E-state index in [0.717, 1.165) is 6.55 Å². The molecule has 0 rings (SSSR count). The highest BCUT2D eigenvalue weighted by Crippen LogP contribution is 2.10. The molecular weight excluding hydrogens is 204 g/mol. The van der Waals surface area contributed by atoms with E-state index >= 15 is 0 Å². The van der Waals surface area contributed by atoms with Crippen LogP contribution in [0.5, 0.6) is 0 Å². The normalized spacial score (nSPS) is 23.2. The predicted molar refractivity (Wildman–Crippen MR) is 51.9 cm³/mol. The summed E-state index contributed by atoms with van der Waals surface area (Å²) in [6.45, 7) is 0.148. The lowest BCUT2D eigenvalue weighted by atomic mass is 9.98. The van der Waals surface area contributed by atoms with Gasteiger partial charge in [-0.1, -0.05) is 6.08 Å². The highest BCUT2D eigenvalue weighted by Gasteiger charge is 2.33. The van der Waals surface area contributed by atoms with E-state index in [9.17, 15) is 20.4 Å². The molecule has 0 aliphatic carbocycles. The summed E-state index contributed by atoms with van der Waals surface area (Å²) in [6.07, 6.45) is -6.97. The van der Waals surface area contributed by atoms with Crippen molar-refractivity contribution in [3.8, 4) is 0 Å². The van der Waals surface area contributed by atoms with Gasteiger partial charge >= 0.3 is 0 Å². The molecule has 5 atom stereocenters. The molecule has 90 valence electrons. The fraction of sp³-hybridized carbons (Fsp3) is 0.778. The summed E-state index contributed by atoms with van der Waals surface area (Å²) in [5.74, 6) is 0. The topological polar surface area (TPSA) is 121 Å². The molecule has 0 aromatic carbocycles. The second kappa shape index (κ2) is 6.89. The fourth-order valence-corrected chi connectivity index (χ4v) is 1.04. The summed E-state index contributed by atoms with van der Waals surface area (Å²) in [5.41, 5.74) is 0. The van der Waals surface area contributed by atoms with Crippen LogP contribution in [0.1, 0.15) is 7.79 Å². The van der Waals surface area contributed by atoms with Gasteiger partial charge in [-0.05, 0) is 6.42 Å². The molecule has 6 heteroatoms. The fourth-order valence-electron chi connectivity index (χ4n) is 1.04. The Kier molecular flexibility index (Phi) is 5.77. The Balaban J connectivity index is 4.29. The zero-order chi connectivity index (χ0) is 12.7. The standard InChI is InChI=1S/C9H18O6/c1-2-3-5(11)7(13)9(15)8(14)6(12)4-10/h2,5-15H,1,3-4H2/t5-,6-,7+,8-,9-/m1/s1/i1D. The quantitative estimate of drug-likeness (QED) is 0.262. The smallest absolute Gasteiger partial charge is 0.111 e. The van der Waals surface area contributed by atoms with Crippen LogP contribution in [0, 0.1) is 0 Å². The maximum atomic E-state index is 9.38. The van der Waals surface area contributed by atoms with Gasteiger partial charge in [-0.3, -0.25) is 0 Å². The Morgan fingerprint density at radius 3 is 2.00 bits per heavy atom. The molecule has 0 bridgehead atoms. The first-order chi connectivity index (χ1) is 7.45. The first-order valence-electron chi connectivity index (χ1n) is 5.08. The lowest BCUT2D eigenvalue weighted by Crippen LogP contribution is -2.49. The Labute approximate surface area is 89.1 Å². The van der Waals surface area contributed by atoms with Gasteiger partial charge in [0.1, 0.15) is 24.4 Å². The predicted octanol–water partition coefficient (Wildman–Crippen LogP) is -2.64. The summed E-state index contributed by atoms with van der Waals surface area (Å²) in [6, 6.07) is 0. The van der Waals surface area contributed by atoms with E-state index in [1.807, 2.05) is 0 Å². The van der Waals surface area contributed by atoms with Gasteiger partial charge in [0, 0.05) is 0 Å². The molecule has 0 saturated heterocycles. The van der Waals surface area contributed by atoms with E-state index < -0.39 is 37.1 Å². The van der Waals surface area contributed by atoms with Gasteiger partial charge in [0.2, 0.25) is 0 Å². The molecule has 0 aliphatic heterocycles. The van der Waals surface area contributed by atoms with Crippen LogP contribution < -0.4 is 0 Å². The minimum atomic E-state index is -1.78. The molecule has 0 aromatic heterocycles. The Morgan fingerprint density at radius 2 is 1.53 bits per heavy atom. The lowest BCUT2D eigenvalue weighted by Gasteiger charge is -2.28. The average Bonchev–Trinajstić information content (AvgIpc) is 2.31. The first kappa shape index (κ1) is 12.6. The van der Waals surface area contributed by atoms with Gasteiger partial charge < -0.3 is 30.6 Å². The van der Waals surface area contributed by atoms with Crippen molar-refractivity contribution in [2.75, 3.05) is 6.61 Å². The van der Waals surface area contributed by atoms with Crippen molar-refractivity contribution in [2.45, 2.75) is 36.9 Å². The Hall–Kier alpha value is -0.500. The van der Waals surface area contributed by atoms with Gasteiger partial charge in [-0.15, -0.1) is 6.55 Å². The summed E-state index contributed by atoms with van der Waals surface area (Å²) < 4.78 is 6.67. The maximum Gasteiger partial charge on any atom is 0.111 e. The van der Waals surface area contributed by atoms with Crippen molar-refractivity contribution in [1.82, 2.24) is 0 Å². The monoisotopic (exact) mass is 223 g/mol. The van der Waals surface area contributed by atoms with Crippen LogP contribution in [-0.4, -0.2) is 67.8 Å². The van der Waals surface area contributed by atoms with E-state index in [2.05, 4.69) is 0 Å². The van der Waals surface area contributed by atoms with Crippen molar-refractivity contribution < 1.29 is 32.0 Å². The molecule has 0 fully saturated rings. The van der Waals surface area contributed by atoms with Gasteiger partial charge in [0.15, 0.2) is 0 Å². The Bertz CT molecular complexity index is 212. The maximum absolute atomic E-state index is 9.38. The van der Waals surface area contributed by atoms with Gasteiger partial charge in [0.05, 0.1) is 14.1 Å². The number of hydrogen-bond acceptors (Lipinski definition) is 6. The number of rotatable bonds is 7. The lowest BCUT2D eigenvalue weighted by molar-refractivity contribution is -0.139. The minimum absolute atomic E-state index is 0.0658. The van der Waals surface area contributed by atoms with E-state index in [-0.39, 0.29) is 6.42 Å². The van der Waals surface area contributed by atoms with Crippen molar-refractivity contribution in [1.29, 1.82) is 0 Å². The van der Waals surface area contributed by atoms with E-state index in [1.165, 1.54) is 6.08 Å². The molecule has 0 spiro atoms. The van der Waals surface area contributed by atoms with Crippen molar-refractivity contribution in [2.24, 2.45) is 0 Å². The van der Waals surface area contributed by atoms with Crippen molar-refractivity contribution >= 4 is 0 Å². The third kappa shape index (κ3) is 4.25. The number of aliphatic hydroxyl groups is 6. The molecule has 0 unspecified atom stereocenters. The number of aliphatic hydroxyl groups excluding tert-OH is 6. The molecule has 0 amide bonds. The molecule has 0 radical (unpaired) electrons. The second-order valence-electron chi connectivity index (χ2n) is 3.26. The molecular formula is C9H18O6. The SMILES string of the molecule is [2H]C=CC[C@@H](O)[C@H](O)[C@@H](O)[C@H](O)[C@H](O)CO. The Morgan fingerprint density at radius 1 is 1.00 bits per heavy atom. The van der Waals surface area contributed by atoms with E-state index in [0.29, 0.717) is 0 Å². The van der Waals surface area contributed by atoms with Crippen LogP contribution >= 0.6 is 0 Å².